The molecule has 4 rings (SSSR count). The summed E-state index contributed by atoms with van der Waals surface area (Å²) in [6, 6.07) is 14.7. The zero-order valence-electron chi connectivity index (χ0n) is 16.1. The number of rotatable bonds is 5. The Kier molecular flexibility index (Phi) is 5.93. The molecule has 0 N–H and O–H groups in total. The van der Waals surface area contributed by atoms with E-state index >= 15 is 0 Å². The summed E-state index contributed by atoms with van der Waals surface area (Å²) in [5, 5.41) is 0. The first-order valence-electron chi connectivity index (χ1n) is 10.4. The van der Waals surface area contributed by atoms with Crippen LogP contribution in [0.3, 0.4) is 0 Å². The molecule has 0 aliphatic carbocycles. The highest BCUT2D eigenvalue weighted by molar-refractivity contribution is 5.79. The molecular formula is C23H30N2O2. The number of nitrogens with zero attached hydrogens (tertiary/aromatic N) is 2. The third kappa shape index (κ3) is 4.81. The fourth-order valence-electron chi connectivity index (χ4n) is 4.59. The maximum atomic E-state index is 13.0. The lowest BCUT2D eigenvalue weighted by Gasteiger charge is -2.37. The molecule has 1 aromatic carbocycles. The summed E-state index contributed by atoms with van der Waals surface area (Å²) in [6.45, 7) is 4.58. The molecule has 0 spiro atoms. The van der Waals surface area contributed by atoms with E-state index in [1.807, 2.05) is 12.1 Å². The Morgan fingerprint density at radius 2 is 1.81 bits per heavy atom. The van der Waals surface area contributed by atoms with Crippen LogP contribution in [0.2, 0.25) is 0 Å². The van der Waals surface area contributed by atoms with Crippen LogP contribution in [0, 0.1) is 11.8 Å². The van der Waals surface area contributed by atoms with Crippen molar-refractivity contribution < 1.29 is 9.21 Å². The number of benzene rings is 1. The lowest BCUT2D eigenvalue weighted by Crippen LogP contribution is -2.47. The Bertz CT molecular complexity index is 705. The van der Waals surface area contributed by atoms with E-state index in [-0.39, 0.29) is 5.92 Å². The molecular weight excluding hydrogens is 336 g/mol. The van der Waals surface area contributed by atoms with Crippen molar-refractivity contribution in [2.24, 2.45) is 11.8 Å². The number of piperidine rings is 2. The van der Waals surface area contributed by atoms with Crippen molar-refractivity contribution in [2.45, 2.75) is 38.6 Å². The van der Waals surface area contributed by atoms with Crippen molar-refractivity contribution in [1.82, 2.24) is 9.80 Å². The van der Waals surface area contributed by atoms with Gasteiger partial charge in [-0.1, -0.05) is 30.3 Å². The molecule has 1 unspecified atom stereocenters. The van der Waals surface area contributed by atoms with Gasteiger partial charge in [0.05, 0.1) is 18.7 Å². The average Bonchev–Trinajstić information content (AvgIpc) is 3.22. The topological polar surface area (TPSA) is 36.7 Å². The molecule has 2 fully saturated rings. The first-order valence-corrected chi connectivity index (χ1v) is 10.4. The van der Waals surface area contributed by atoms with Crippen LogP contribution in [0.4, 0.5) is 0 Å². The second-order valence-electron chi connectivity index (χ2n) is 8.11. The summed E-state index contributed by atoms with van der Waals surface area (Å²) in [6.07, 6.45) is 7.25. The molecule has 4 heteroatoms. The van der Waals surface area contributed by atoms with E-state index in [1.54, 1.807) is 6.26 Å². The molecule has 144 valence electrons. The van der Waals surface area contributed by atoms with E-state index in [4.69, 9.17) is 4.42 Å². The Morgan fingerprint density at radius 3 is 2.56 bits per heavy atom. The smallest absolute Gasteiger partial charge is 0.226 e. The molecule has 1 aromatic heterocycles. The second-order valence-corrected chi connectivity index (χ2v) is 8.11. The van der Waals surface area contributed by atoms with Crippen molar-refractivity contribution in [2.75, 3.05) is 26.2 Å². The number of likely N-dealkylation sites (tertiary alicyclic amines) is 2. The monoisotopic (exact) mass is 366 g/mol. The molecule has 2 aliphatic heterocycles. The molecule has 0 radical (unpaired) electrons. The highest BCUT2D eigenvalue weighted by Gasteiger charge is 2.31. The Hall–Kier alpha value is -2.07. The van der Waals surface area contributed by atoms with Gasteiger partial charge in [-0.2, -0.15) is 0 Å². The van der Waals surface area contributed by atoms with Gasteiger partial charge in [0.25, 0.3) is 0 Å². The SMILES string of the molecule is O=C(C1CCCN(Cc2ccco2)C1)N1CCC(Cc2ccccc2)CC1. The van der Waals surface area contributed by atoms with E-state index in [2.05, 4.69) is 40.1 Å². The average molecular weight is 367 g/mol. The summed E-state index contributed by atoms with van der Waals surface area (Å²) in [5.41, 5.74) is 1.42. The molecule has 4 nitrogen and oxygen atoms in total. The quantitative estimate of drug-likeness (QED) is 0.803. The molecule has 2 aromatic rings. The summed E-state index contributed by atoms with van der Waals surface area (Å²) in [5.74, 6) is 2.22. The van der Waals surface area contributed by atoms with E-state index in [9.17, 15) is 4.79 Å². The third-order valence-electron chi connectivity index (χ3n) is 6.11. The lowest BCUT2D eigenvalue weighted by atomic mass is 9.89. The molecule has 3 heterocycles. The van der Waals surface area contributed by atoms with Crippen molar-refractivity contribution >= 4 is 5.91 Å². The predicted molar refractivity (Wildman–Crippen MR) is 106 cm³/mol. The number of furan rings is 1. The number of carbonyl (C=O) groups is 1. The molecule has 1 atom stereocenters. The van der Waals surface area contributed by atoms with Gasteiger partial charge in [0, 0.05) is 19.6 Å². The molecule has 2 saturated heterocycles. The highest BCUT2D eigenvalue weighted by atomic mass is 16.3. The molecule has 27 heavy (non-hydrogen) atoms. The fraction of sp³-hybridized carbons (Fsp3) is 0.522. The van der Waals surface area contributed by atoms with Gasteiger partial charge < -0.3 is 9.32 Å². The molecule has 0 saturated carbocycles. The van der Waals surface area contributed by atoms with E-state index in [0.717, 1.165) is 70.6 Å². The van der Waals surface area contributed by atoms with Crippen molar-refractivity contribution in [3.05, 3.63) is 60.1 Å². The summed E-state index contributed by atoms with van der Waals surface area (Å²) < 4.78 is 5.47. The summed E-state index contributed by atoms with van der Waals surface area (Å²) >= 11 is 0. The van der Waals surface area contributed by atoms with Crippen LogP contribution in [-0.4, -0.2) is 41.9 Å². The summed E-state index contributed by atoms with van der Waals surface area (Å²) in [4.78, 5) is 17.5. The van der Waals surface area contributed by atoms with Gasteiger partial charge in [0.1, 0.15) is 5.76 Å². The predicted octanol–water partition coefficient (Wildman–Crippen LogP) is 3.97. The van der Waals surface area contributed by atoms with Crippen molar-refractivity contribution in [3.63, 3.8) is 0 Å². The largest absolute Gasteiger partial charge is 0.468 e. The molecule has 0 bridgehead atoms. The Balaban J connectivity index is 1.26. The number of amides is 1. The second kappa shape index (κ2) is 8.75. The maximum absolute atomic E-state index is 13.0. The van der Waals surface area contributed by atoms with Crippen LogP contribution in [0.15, 0.2) is 53.1 Å². The first kappa shape index (κ1) is 18.3. The minimum atomic E-state index is 0.152. The lowest BCUT2D eigenvalue weighted by molar-refractivity contribution is -0.138. The Labute approximate surface area is 162 Å². The molecule has 1 amide bonds. The van der Waals surface area contributed by atoms with Crippen molar-refractivity contribution in [1.29, 1.82) is 0 Å². The van der Waals surface area contributed by atoms with Gasteiger partial charge in [-0.05, 0) is 62.3 Å². The normalized spacial score (nSPS) is 22.1. The highest BCUT2D eigenvalue weighted by Crippen LogP contribution is 2.26. The van der Waals surface area contributed by atoms with Gasteiger partial charge in [-0.3, -0.25) is 9.69 Å². The fourth-order valence-corrected chi connectivity index (χ4v) is 4.59. The van der Waals surface area contributed by atoms with Crippen LogP contribution in [0.1, 0.15) is 37.0 Å². The standard InChI is InChI=1S/C23H30N2O2/c26-23(21-8-4-12-24(17-21)18-22-9-5-15-27-22)25-13-10-20(11-14-25)16-19-6-2-1-3-7-19/h1-3,5-7,9,15,20-21H,4,8,10-14,16-18H2. The van der Waals surface area contributed by atoms with Crippen LogP contribution in [-0.2, 0) is 17.8 Å². The van der Waals surface area contributed by atoms with E-state index in [1.165, 1.54) is 5.56 Å². The molecule has 2 aliphatic rings. The maximum Gasteiger partial charge on any atom is 0.226 e. The first-order chi connectivity index (χ1) is 13.3. The van der Waals surface area contributed by atoms with Crippen LogP contribution < -0.4 is 0 Å². The van der Waals surface area contributed by atoms with Gasteiger partial charge in [0.2, 0.25) is 5.91 Å². The van der Waals surface area contributed by atoms with Gasteiger partial charge >= 0.3 is 0 Å². The zero-order valence-corrected chi connectivity index (χ0v) is 16.1. The van der Waals surface area contributed by atoms with Crippen LogP contribution >= 0.6 is 0 Å². The van der Waals surface area contributed by atoms with Crippen molar-refractivity contribution in [3.8, 4) is 0 Å². The van der Waals surface area contributed by atoms with Crippen LogP contribution in [0.5, 0.6) is 0 Å². The zero-order chi connectivity index (χ0) is 18.5. The minimum Gasteiger partial charge on any atom is -0.468 e. The number of carbonyl (C=O) groups excluding carboxylic acids is 1. The summed E-state index contributed by atoms with van der Waals surface area (Å²) in [7, 11) is 0. The number of hydrogen-bond donors (Lipinski definition) is 0. The van der Waals surface area contributed by atoms with Gasteiger partial charge in [-0.15, -0.1) is 0 Å². The van der Waals surface area contributed by atoms with Gasteiger partial charge in [0.15, 0.2) is 0 Å². The van der Waals surface area contributed by atoms with Crippen LogP contribution in [0.25, 0.3) is 0 Å². The van der Waals surface area contributed by atoms with E-state index in [0.29, 0.717) is 11.8 Å². The van der Waals surface area contributed by atoms with E-state index < -0.39 is 0 Å². The number of hydrogen-bond acceptors (Lipinski definition) is 3. The van der Waals surface area contributed by atoms with Gasteiger partial charge in [-0.25, -0.2) is 0 Å². The minimum absolute atomic E-state index is 0.152. The third-order valence-corrected chi connectivity index (χ3v) is 6.11. The Morgan fingerprint density at radius 1 is 1.00 bits per heavy atom.